The van der Waals surface area contributed by atoms with E-state index in [1.165, 1.54) is 12.1 Å². The first kappa shape index (κ1) is 14.1. The summed E-state index contributed by atoms with van der Waals surface area (Å²) in [5, 5.41) is 0. The molecule has 3 rings (SSSR count). The minimum absolute atomic E-state index is 0.287. The van der Waals surface area contributed by atoms with Gasteiger partial charge in [0.15, 0.2) is 5.82 Å². The summed E-state index contributed by atoms with van der Waals surface area (Å²) in [6.45, 7) is 2.18. The van der Waals surface area contributed by atoms with Crippen molar-refractivity contribution in [3.8, 4) is 17.3 Å². The number of halogens is 1. The van der Waals surface area contributed by atoms with E-state index in [2.05, 4.69) is 15.0 Å². The lowest BCUT2D eigenvalue weighted by Crippen LogP contribution is -2.03. The second-order valence-electron chi connectivity index (χ2n) is 4.78. The Bertz CT molecular complexity index is 761. The SMILES string of the molecule is Cc1cc(COc2ccc(F)cc2)nc(-c2ccccn2)n1. The number of rotatable bonds is 4. The molecular weight excluding hydrogens is 281 g/mol. The lowest BCUT2D eigenvalue weighted by Gasteiger charge is -2.08. The summed E-state index contributed by atoms with van der Waals surface area (Å²) in [6, 6.07) is 13.3. The van der Waals surface area contributed by atoms with Crippen LogP contribution in [0.4, 0.5) is 4.39 Å². The number of aromatic nitrogens is 3. The molecule has 0 aliphatic carbocycles. The van der Waals surface area contributed by atoms with Gasteiger partial charge in [0.2, 0.25) is 0 Å². The molecule has 0 spiro atoms. The Kier molecular flexibility index (Phi) is 4.05. The van der Waals surface area contributed by atoms with Gasteiger partial charge < -0.3 is 4.74 Å². The molecule has 5 heteroatoms. The number of hydrogen-bond donors (Lipinski definition) is 0. The molecule has 3 aromatic rings. The predicted octanol–water partition coefficient (Wildman–Crippen LogP) is 3.57. The summed E-state index contributed by atoms with van der Waals surface area (Å²) in [5.74, 6) is 0.873. The first-order chi connectivity index (χ1) is 10.7. The van der Waals surface area contributed by atoms with Gasteiger partial charge in [-0.2, -0.15) is 0 Å². The quantitative estimate of drug-likeness (QED) is 0.738. The highest BCUT2D eigenvalue weighted by molar-refractivity contribution is 5.48. The van der Waals surface area contributed by atoms with Crippen LogP contribution in [0.3, 0.4) is 0 Å². The maximum Gasteiger partial charge on any atom is 0.178 e. The third-order valence-corrected chi connectivity index (χ3v) is 3.00. The third kappa shape index (κ3) is 3.44. The van der Waals surface area contributed by atoms with Crippen molar-refractivity contribution >= 4 is 0 Å². The number of hydrogen-bond acceptors (Lipinski definition) is 4. The molecule has 0 bridgehead atoms. The van der Waals surface area contributed by atoms with Crippen LogP contribution in [0.2, 0.25) is 0 Å². The highest BCUT2D eigenvalue weighted by Gasteiger charge is 2.06. The second kappa shape index (κ2) is 6.30. The zero-order valence-electron chi connectivity index (χ0n) is 12.0. The topological polar surface area (TPSA) is 47.9 Å². The molecule has 0 aliphatic heterocycles. The van der Waals surface area contributed by atoms with Gasteiger partial charge in [0, 0.05) is 11.9 Å². The van der Waals surface area contributed by atoms with Gasteiger partial charge in [-0.1, -0.05) is 6.07 Å². The largest absolute Gasteiger partial charge is 0.487 e. The zero-order chi connectivity index (χ0) is 15.4. The van der Waals surface area contributed by atoms with Crippen molar-refractivity contribution in [3.05, 3.63) is 71.9 Å². The summed E-state index contributed by atoms with van der Waals surface area (Å²) < 4.78 is 18.5. The third-order valence-electron chi connectivity index (χ3n) is 3.00. The molecule has 2 aromatic heterocycles. The van der Waals surface area contributed by atoms with Crippen LogP contribution in [0.25, 0.3) is 11.5 Å². The Morgan fingerprint density at radius 1 is 1.05 bits per heavy atom. The fourth-order valence-electron chi connectivity index (χ4n) is 2.01. The standard InChI is InChI=1S/C17H14FN3O/c1-12-10-14(11-22-15-7-5-13(18)6-8-15)21-17(20-12)16-4-2-3-9-19-16/h2-10H,11H2,1H3. The fourth-order valence-corrected chi connectivity index (χ4v) is 2.01. The Balaban J connectivity index is 1.79. The molecule has 4 nitrogen and oxygen atoms in total. The van der Waals surface area contributed by atoms with Crippen molar-refractivity contribution in [2.75, 3.05) is 0 Å². The van der Waals surface area contributed by atoms with E-state index in [9.17, 15) is 4.39 Å². The van der Waals surface area contributed by atoms with Crippen LogP contribution < -0.4 is 4.74 Å². The van der Waals surface area contributed by atoms with E-state index in [1.54, 1.807) is 18.3 Å². The number of nitrogens with zero attached hydrogens (tertiary/aromatic N) is 3. The van der Waals surface area contributed by atoms with Crippen LogP contribution in [-0.2, 0) is 6.61 Å². The highest BCUT2D eigenvalue weighted by atomic mass is 19.1. The molecule has 2 heterocycles. The van der Waals surface area contributed by atoms with E-state index < -0.39 is 0 Å². The normalized spacial score (nSPS) is 10.5. The molecule has 0 saturated heterocycles. The molecule has 0 saturated carbocycles. The average Bonchev–Trinajstić information content (AvgIpc) is 2.55. The fraction of sp³-hybridized carbons (Fsp3) is 0.118. The average molecular weight is 295 g/mol. The molecule has 0 amide bonds. The molecule has 0 radical (unpaired) electrons. The van der Waals surface area contributed by atoms with E-state index in [1.807, 2.05) is 31.2 Å². The lowest BCUT2D eigenvalue weighted by molar-refractivity contribution is 0.300. The van der Waals surface area contributed by atoms with Gasteiger partial charge in [-0.15, -0.1) is 0 Å². The maximum atomic E-state index is 12.9. The van der Waals surface area contributed by atoms with E-state index in [0.29, 0.717) is 17.3 Å². The van der Waals surface area contributed by atoms with Crippen molar-refractivity contribution < 1.29 is 9.13 Å². The summed E-state index contributed by atoms with van der Waals surface area (Å²) in [4.78, 5) is 13.1. The van der Waals surface area contributed by atoms with Gasteiger partial charge in [0.1, 0.15) is 23.9 Å². The van der Waals surface area contributed by atoms with E-state index in [4.69, 9.17) is 4.74 Å². The number of pyridine rings is 1. The predicted molar refractivity (Wildman–Crippen MR) is 80.7 cm³/mol. The Morgan fingerprint density at radius 3 is 2.59 bits per heavy atom. The number of aryl methyl sites for hydroxylation is 1. The van der Waals surface area contributed by atoms with Crippen LogP contribution in [0.5, 0.6) is 5.75 Å². The second-order valence-corrected chi connectivity index (χ2v) is 4.78. The van der Waals surface area contributed by atoms with Gasteiger partial charge in [-0.25, -0.2) is 14.4 Å². The Hall–Kier alpha value is -2.82. The van der Waals surface area contributed by atoms with Gasteiger partial charge in [-0.05, 0) is 49.4 Å². The molecule has 0 unspecified atom stereocenters. The Morgan fingerprint density at radius 2 is 1.86 bits per heavy atom. The zero-order valence-corrected chi connectivity index (χ0v) is 12.0. The smallest absolute Gasteiger partial charge is 0.178 e. The van der Waals surface area contributed by atoms with Crippen LogP contribution in [0.15, 0.2) is 54.7 Å². The first-order valence-corrected chi connectivity index (χ1v) is 6.85. The Labute approximate surface area is 127 Å². The molecule has 22 heavy (non-hydrogen) atoms. The van der Waals surface area contributed by atoms with Crippen molar-refractivity contribution in [1.29, 1.82) is 0 Å². The minimum atomic E-state index is -0.289. The molecular formula is C17H14FN3O. The summed E-state index contributed by atoms with van der Waals surface area (Å²) >= 11 is 0. The maximum absolute atomic E-state index is 12.9. The lowest BCUT2D eigenvalue weighted by atomic mass is 10.3. The summed E-state index contributed by atoms with van der Waals surface area (Å²) in [5.41, 5.74) is 2.31. The molecule has 0 atom stereocenters. The van der Waals surface area contributed by atoms with Crippen LogP contribution in [0.1, 0.15) is 11.4 Å². The molecule has 110 valence electrons. The van der Waals surface area contributed by atoms with Crippen molar-refractivity contribution in [1.82, 2.24) is 15.0 Å². The highest BCUT2D eigenvalue weighted by Crippen LogP contribution is 2.16. The van der Waals surface area contributed by atoms with Gasteiger partial charge >= 0.3 is 0 Å². The molecule has 0 aliphatic rings. The first-order valence-electron chi connectivity index (χ1n) is 6.85. The number of benzene rings is 1. The van der Waals surface area contributed by atoms with Crippen LogP contribution in [-0.4, -0.2) is 15.0 Å². The van der Waals surface area contributed by atoms with E-state index in [-0.39, 0.29) is 12.4 Å². The van der Waals surface area contributed by atoms with Gasteiger partial charge in [0.25, 0.3) is 0 Å². The molecule has 1 aromatic carbocycles. The summed E-state index contributed by atoms with van der Waals surface area (Å²) in [7, 11) is 0. The van der Waals surface area contributed by atoms with E-state index >= 15 is 0 Å². The van der Waals surface area contributed by atoms with Gasteiger partial charge in [0.05, 0.1) is 5.69 Å². The van der Waals surface area contributed by atoms with Crippen LogP contribution in [0, 0.1) is 12.7 Å². The summed E-state index contributed by atoms with van der Waals surface area (Å²) in [6.07, 6.45) is 1.70. The molecule has 0 fully saturated rings. The van der Waals surface area contributed by atoms with Crippen molar-refractivity contribution in [2.45, 2.75) is 13.5 Å². The molecule has 0 N–H and O–H groups in total. The van der Waals surface area contributed by atoms with Crippen LogP contribution >= 0.6 is 0 Å². The van der Waals surface area contributed by atoms with Crippen molar-refractivity contribution in [2.24, 2.45) is 0 Å². The van der Waals surface area contributed by atoms with E-state index in [0.717, 1.165) is 11.4 Å². The minimum Gasteiger partial charge on any atom is -0.487 e. The number of ether oxygens (including phenoxy) is 1. The monoisotopic (exact) mass is 295 g/mol. The van der Waals surface area contributed by atoms with Crippen molar-refractivity contribution in [3.63, 3.8) is 0 Å². The van der Waals surface area contributed by atoms with Gasteiger partial charge in [-0.3, -0.25) is 4.98 Å².